The molecule has 318 valence electrons. The normalized spacial score (nSPS) is 11.3. The van der Waals surface area contributed by atoms with E-state index >= 15 is 0 Å². The van der Waals surface area contributed by atoms with Crippen LogP contribution in [0.1, 0.15) is 10.4 Å². The predicted molar refractivity (Wildman–Crippen MR) is 228 cm³/mol. The van der Waals surface area contributed by atoms with Crippen molar-refractivity contribution in [2.75, 3.05) is 82.5 Å². The standard InChI is InChI=1S/C37H42BrClFN13O6S/c1-52-22-43-30-33(48-36(39)50-34(30)52)47-28-21-53(51-35(28)55-2)11-13-57-15-17-59-19-18-58-16-14-56-12-10-44-60-24-8-6-23(7-9-24)45-37-42-20-25(38)32(49-37)46-27-5-3-4-26(40)29(27)31(41)54/h3-9,20-22,44H,10-19H2,1-2H3,(H2,41,54)(H,47,48,50)(H2,42,45,46,49). The van der Waals surface area contributed by atoms with Gasteiger partial charge < -0.3 is 49.9 Å². The van der Waals surface area contributed by atoms with E-state index in [1.54, 1.807) is 21.8 Å². The van der Waals surface area contributed by atoms with Crippen molar-refractivity contribution in [1.82, 2.24) is 44.0 Å². The minimum Gasteiger partial charge on any atom is -0.478 e. The molecule has 6 rings (SSSR count). The molecule has 0 saturated heterocycles. The molecule has 6 aromatic rings. The molecular weight excluding hydrogens is 889 g/mol. The number of carbonyl (C=O) groups excluding carboxylic acids is 1. The van der Waals surface area contributed by atoms with Gasteiger partial charge in [0.05, 0.1) is 94.8 Å². The van der Waals surface area contributed by atoms with Gasteiger partial charge in [-0.05, 0) is 75.9 Å². The largest absolute Gasteiger partial charge is 0.478 e. The summed E-state index contributed by atoms with van der Waals surface area (Å²) in [6, 6.07) is 11.8. The number of aromatic nitrogens is 8. The second-order valence-electron chi connectivity index (χ2n) is 12.4. The molecule has 6 N–H and O–H groups in total. The molecule has 0 fully saturated rings. The lowest BCUT2D eigenvalue weighted by atomic mass is 10.1. The van der Waals surface area contributed by atoms with Crippen molar-refractivity contribution in [2.24, 2.45) is 12.8 Å². The van der Waals surface area contributed by atoms with Crippen LogP contribution >= 0.6 is 39.5 Å². The number of rotatable bonds is 25. The molecule has 0 aliphatic heterocycles. The first-order valence-electron chi connectivity index (χ1n) is 18.4. The van der Waals surface area contributed by atoms with Crippen LogP contribution in [0.25, 0.3) is 11.2 Å². The maximum atomic E-state index is 14.2. The van der Waals surface area contributed by atoms with Crippen molar-refractivity contribution < 1.29 is 32.9 Å². The van der Waals surface area contributed by atoms with E-state index in [4.69, 9.17) is 41.0 Å². The van der Waals surface area contributed by atoms with Crippen molar-refractivity contribution in [3.8, 4) is 5.88 Å². The summed E-state index contributed by atoms with van der Waals surface area (Å²) in [6.45, 7) is 4.77. The molecule has 0 aliphatic rings. The van der Waals surface area contributed by atoms with E-state index in [0.29, 0.717) is 111 Å². The van der Waals surface area contributed by atoms with Crippen LogP contribution in [-0.4, -0.2) is 112 Å². The molecule has 4 aromatic heterocycles. The van der Waals surface area contributed by atoms with Crippen LogP contribution in [0.4, 0.5) is 39.0 Å². The Morgan fingerprint density at radius 3 is 2.30 bits per heavy atom. The third kappa shape index (κ3) is 12.7. The summed E-state index contributed by atoms with van der Waals surface area (Å²) in [4.78, 5) is 34.4. The Balaban J connectivity index is 0.770. The van der Waals surface area contributed by atoms with Crippen molar-refractivity contribution in [3.05, 3.63) is 82.3 Å². The summed E-state index contributed by atoms with van der Waals surface area (Å²) in [7, 11) is 3.37. The SMILES string of the molecule is COc1nn(CCOCCOCCOCCOCCNSc2ccc(Nc3ncc(Br)c(Nc4cccc(F)c4C(N)=O)n3)cc2)cc1Nc1nc(Cl)nc2c1ncn2C. The molecule has 60 heavy (non-hydrogen) atoms. The summed E-state index contributed by atoms with van der Waals surface area (Å²) in [5.41, 5.74) is 7.83. The first-order valence-corrected chi connectivity index (χ1v) is 20.4. The number of anilines is 6. The monoisotopic (exact) mass is 929 g/mol. The molecule has 0 atom stereocenters. The fraction of sp³-hybridized carbons (Fsp3) is 0.324. The molecule has 0 unspecified atom stereocenters. The lowest BCUT2D eigenvalue weighted by molar-refractivity contribution is -0.00213. The third-order valence-corrected chi connectivity index (χ3v) is 9.80. The summed E-state index contributed by atoms with van der Waals surface area (Å²) in [6.07, 6.45) is 4.97. The van der Waals surface area contributed by atoms with Crippen LogP contribution in [0.5, 0.6) is 5.88 Å². The van der Waals surface area contributed by atoms with E-state index in [0.717, 1.165) is 16.6 Å². The molecule has 2 aromatic carbocycles. The van der Waals surface area contributed by atoms with E-state index in [1.807, 2.05) is 31.3 Å². The Morgan fingerprint density at radius 1 is 0.883 bits per heavy atom. The van der Waals surface area contributed by atoms with Crippen LogP contribution in [0.2, 0.25) is 5.28 Å². The molecular formula is C37H42BrClFN13O6S. The van der Waals surface area contributed by atoms with Crippen LogP contribution in [0, 0.1) is 5.82 Å². The number of hydrogen-bond acceptors (Lipinski definition) is 17. The number of primary amides is 1. The second-order valence-corrected chi connectivity index (χ2v) is 14.6. The minimum atomic E-state index is -0.894. The number of imidazole rings is 1. The highest BCUT2D eigenvalue weighted by atomic mass is 79.9. The lowest BCUT2D eigenvalue weighted by Gasteiger charge is -2.13. The lowest BCUT2D eigenvalue weighted by Crippen LogP contribution is -2.16. The van der Waals surface area contributed by atoms with E-state index in [1.165, 1.54) is 37.4 Å². The van der Waals surface area contributed by atoms with Crippen LogP contribution in [0.3, 0.4) is 0 Å². The maximum Gasteiger partial charge on any atom is 0.256 e. The fourth-order valence-electron chi connectivity index (χ4n) is 5.37. The number of fused-ring (bicyclic) bond motifs is 1. The summed E-state index contributed by atoms with van der Waals surface area (Å²) < 4.78 is 49.4. The Morgan fingerprint density at radius 2 is 1.58 bits per heavy atom. The summed E-state index contributed by atoms with van der Waals surface area (Å²) >= 11 is 11.0. The molecule has 0 bridgehead atoms. The maximum absolute atomic E-state index is 14.2. The highest BCUT2D eigenvalue weighted by Crippen LogP contribution is 2.30. The van der Waals surface area contributed by atoms with Gasteiger partial charge in [-0.1, -0.05) is 6.07 Å². The topological polar surface area (TPSA) is 225 Å². The van der Waals surface area contributed by atoms with E-state index < -0.39 is 11.7 Å². The zero-order chi connectivity index (χ0) is 42.3. The first kappa shape index (κ1) is 44.4. The number of nitrogens with one attached hydrogen (secondary N) is 4. The Hall–Kier alpha value is -5.20. The van der Waals surface area contributed by atoms with Gasteiger partial charge in [-0.15, -0.1) is 5.10 Å². The molecule has 1 amide bonds. The molecule has 19 nitrogen and oxygen atoms in total. The fourth-order valence-corrected chi connectivity index (χ4v) is 6.45. The smallest absolute Gasteiger partial charge is 0.256 e. The number of ether oxygens (including phenoxy) is 5. The molecule has 0 spiro atoms. The van der Waals surface area contributed by atoms with Gasteiger partial charge in [0.15, 0.2) is 17.0 Å². The quantitative estimate of drug-likeness (QED) is 0.0267. The number of amides is 1. The average Bonchev–Trinajstić information content (AvgIpc) is 3.81. The number of halogens is 3. The van der Waals surface area contributed by atoms with Crippen molar-refractivity contribution in [2.45, 2.75) is 11.4 Å². The molecule has 0 saturated carbocycles. The van der Waals surface area contributed by atoms with Gasteiger partial charge in [0.25, 0.3) is 11.8 Å². The molecule has 4 heterocycles. The Bertz CT molecular complexity index is 2340. The van der Waals surface area contributed by atoms with Crippen LogP contribution in [0.15, 0.2) is 70.6 Å². The number of carbonyl (C=O) groups is 1. The van der Waals surface area contributed by atoms with Gasteiger partial charge in [-0.2, -0.15) is 15.0 Å². The van der Waals surface area contributed by atoms with Gasteiger partial charge in [-0.25, -0.2) is 14.4 Å². The van der Waals surface area contributed by atoms with Gasteiger partial charge in [0, 0.05) is 30.4 Å². The number of nitrogens with zero attached hydrogens (tertiary/aromatic N) is 8. The highest BCUT2D eigenvalue weighted by Gasteiger charge is 2.18. The summed E-state index contributed by atoms with van der Waals surface area (Å²) in [5.74, 6) is -0.172. The van der Waals surface area contributed by atoms with Crippen molar-refractivity contribution in [3.63, 3.8) is 0 Å². The zero-order valence-corrected chi connectivity index (χ0v) is 35.6. The molecule has 23 heteroatoms. The van der Waals surface area contributed by atoms with E-state index in [-0.39, 0.29) is 16.5 Å². The number of benzene rings is 2. The van der Waals surface area contributed by atoms with Gasteiger partial charge in [0.1, 0.15) is 17.3 Å². The zero-order valence-electron chi connectivity index (χ0n) is 32.5. The number of methoxy groups -OCH3 is 1. The van der Waals surface area contributed by atoms with Crippen LogP contribution in [-0.2, 0) is 32.5 Å². The predicted octanol–water partition coefficient (Wildman–Crippen LogP) is 5.61. The van der Waals surface area contributed by atoms with E-state index in [2.05, 4.69) is 66.6 Å². The van der Waals surface area contributed by atoms with Gasteiger partial charge >= 0.3 is 0 Å². The third-order valence-electron chi connectivity index (χ3n) is 8.19. The van der Waals surface area contributed by atoms with Crippen molar-refractivity contribution >= 4 is 91.2 Å². The first-order chi connectivity index (χ1) is 29.2. The van der Waals surface area contributed by atoms with Gasteiger partial charge in [0.2, 0.25) is 11.2 Å². The Kier molecular flexibility index (Phi) is 16.6. The highest BCUT2D eigenvalue weighted by molar-refractivity contribution is 9.10. The van der Waals surface area contributed by atoms with Crippen LogP contribution < -0.4 is 31.1 Å². The Labute approximate surface area is 361 Å². The van der Waals surface area contributed by atoms with Crippen molar-refractivity contribution in [1.29, 1.82) is 0 Å². The molecule has 0 radical (unpaired) electrons. The molecule has 0 aliphatic carbocycles. The summed E-state index contributed by atoms with van der Waals surface area (Å²) in [5, 5.41) is 13.8. The second kappa shape index (κ2) is 22.4. The number of hydrogen-bond donors (Lipinski definition) is 5. The minimum absolute atomic E-state index is 0.0974. The number of nitrogens with two attached hydrogens (primary N) is 1. The number of aryl methyl sites for hydroxylation is 1. The average molecular weight is 931 g/mol. The van der Waals surface area contributed by atoms with Gasteiger partial charge in [-0.3, -0.25) is 14.2 Å². The van der Waals surface area contributed by atoms with E-state index in [9.17, 15) is 9.18 Å².